The molecule has 0 aliphatic rings. The van der Waals surface area contributed by atoms with Crippen LogP contribution in [0.2, 0.25) is 5.02 Å². The summed E-state index contributed by atoms with van der Waals surface area (Å²) in [5, 5.41) is 4.60. The molecule has 120 valence electrons. The van der Waals surface area contributed by atoms with Crippen LogP contribution < -0.4 is 5.43 Å². The minimum atomic E-state index is -0.269. The minimum absolute atomic E-state index is 0.269. The maximum atomic E-state index is 12.0. The molecule has 6 heteroatoms. The van der Waals surface area contributed by atoms with E-state index in [0.29, 0.717) is 22.1 Å². The smallest absolute Gasteiger partial charge is 0.271 e. The van der Waals surface area contributed by atoms with Crippen molar-refractivity contribution in [3.05, 3.63) is 80.6 Å². The average Bonchev–Trinajstić information content (AvgIpc) is 3.04. The molecule has 3 aromatic rings. The van der Waals surface area contributed by atoms with Crippen LogP contribution in [0.1, 0.15) is 16.1 Å². The van der Waals surface area contributed by atoms with Crippen LogP contribution in [-0.2, 0) is 0 Å². The Kier molecular flexibility index (Phi) is 5.32. The summed E-state index contributed by atoms with van der Waals surface area (Å²) in [6.07, 6.45) is 1.46. The van der Waals surface area contributed by atoms with Gasteiger partial charge in [-0.05, 0) is 77.2 Å². The number of hydrazone groups is 1. The van der Waals surface area contributed by atoms with Gasteiger partial charge in [-0.1, -0.05) is 17.7 Å². The lowest BCUT2D eigenvalue weighted by Crippen LogP contribution is -2.17. The van der Waals surface area contributed by atoms with Crippen LogP contribution in [0, 0.1) is 3.57 Å². The topological polar surface area (TPSA) is 54.6 Å². The van der Waals surface area contributed by atoms with E-state index in [1.165, 1.54) is 6.21 Å². The Hall–Kier alpha value is -2.12. The van der Waals surface area contributed by atoms with Crippen molar-refractivity contribution < 1.29 is 9.21 Å². The second-order valence-electron chi connectivity index (χ2n) is 4.92. The lowest BCUT2D eigenvalue weighted by molar-refractivity contribution is 0.0955. The molecule has 0 bridgehead atoms. The maximum Gasteiger partial charge on any atom is 0.271 e. The molecule has 2 aromatic carbocycles. The fourth-order valence-corrected chi connectivity index (χ4v) is 2.71. The first-order chi connectivity index (χ1) is 11.6. The van der Waals surface area contributed by atoms with Crippen molar-refractivity contribution >= 4 is 46.3 Å². The standard InChI is InChI=1S/C18H12ClIN2O2/c19-14-6-4-12(5-7-14)17-9-8-16(24-17)11-21-22-18(23)13-2-1-3-15(20)10-13/h1-11H,(H,22,23)/b21-11+. The first kappa shape index (κ1) is 16.7. The van der Waals surface area contributed by atoms with Gasteiger partial charge in [-0.25, -0.2) is 5.43 Å². The van der Waals surface area contributed by atoms with E-state index in [4.69, 9.17) is 16.0 Å². The monoisotopic (exact) mass is 450 g/mol. The second kappa shape index (κ2) is 7.63. The molecular weight excluding hydrogens is 439 g/mol. The molecule has 0 saturated carbocycles. The Morgan fingerprint density at radius 3 is 2.67 bits per heavy atom. The highest BCUT2D eigenvalue weighted by atomic mass is 127. The number of rotatable bonds is 4. The number of hydrogen-bond donors (Lipinski definition) is 1. The van der Waals surface area contributed by atoms with E-state index in [0.717, 1.165) is 9.13 Å². The van der Waals surface area contributed by atoms with Gasteiger partial charge in [0, 0.05) is 19.7 Å². The van der Waals surface area contributed by atoms with E-state index < -0.39 is 0 Å². The predicted molar refractivity (Wildman–Crippen MR) is 103 cm³/mol. The van der Waals surface area contributed by atoms with Crippen molar-refractivity contribution in [1.29, 1.82) is 0 Å². The Bertz CT molecular complexity index is 888. The van der Waals surface area contributed by atoms with Crippen molar-refractivity contribution in [3.8, 4) is 11.3 Å². The highest BCUT2D eigenvalue weighted by Crippen LogP contribution is 2.23. The van der Waals surface area contributed by atoms with Crippen LogP contribution in [0.25, 0.3) is 11.3 Å². The summed E-state index contributed by atoms with van der Waals surface area (Å²) in [7, 11) is 0. The molecule has 0 unspecified atom stereocenters. The molecule has 0 fully saturated rings. The number of carbonyl (C=O) groups excluding carboxylic acids is 1. The molecule has 0 atom stereocenters. The first-order valence-electron chi connectivity index (χ1n) is 7.06. The van der Waals surface area contributed by atoms with Crippen LogP contribution in [0.4, 0.5) is 0 Å². The zero-order chi connectivity index (χ0) is 16.9. The lowest BCUT2D eigenvalue weighted by atomic mass is 10.2. The molecule has 0 spiro atoms. The summed E-state index contributed by atoms with van der Waals surface area (Å²) in [4.78, 5) is 12.0. The van der Waals surface area contributed by atoms with Gasteiger partial charge in [-0.3, -0.25) is 4.79 Å². The Labute approximate surface area is 157 Å². The quantitative estimate of drug-likeness (QED) is 0.347. The summed E-state index contributed by atoms with van der Waals surface area (Å²) in [5.74, 6) is 0.981. The van der Waals surface area contributed by atoms with Crippen molar-refractivity contribution in [2.75, 3.05) is 0 Å². The minimum Gasteiger partial charge on any atom is -0.455 e. The number of nitrogens with zero attached hydrogens (tertiary/aromatic N) is 1. The SMILES string of the molecule is O=C(N/N=C/c1ccc(-c2ccc(Cl)cc2)o1)c1cccc(I)c1. The van der Waals surface area contributed by atoms with Crippen LogP contribution in [0.3, 0.4) is 0 Å². The van der Waals surface area contributed by atoms with Gasteiger partial charge >= 0.3 is 0 Å². The van der Waals surface area contributed by atoms with Gasteiger partial charge in [-0.15, -0.1) is 0 Å². The largest absolute Gasteiger partial charge is 0.455 e. The second-order valence-corrected chi connectivity index (χ2v) is 6.60. The number of furan rings is 1. The number of halogens is 2. The normalized spacial score (nSPS) is 10.9. The molecule has 1 aromatic heterocycles. The van der Waals surface area contributed by atoms with Crippen LogP contribution in [0.15, 0.2) is 70.2 Å². The first-order valence-corrected chi connectivity index (χ1v) is 8.52. The van der Waals surface area contributed by atoms with Gasteiger partial charge in [0.25, 0.3) is 5.91 Å². The third kappa shape index (κ3) is 4.24. The van der Waals surface area contributed by atoms with Gasteiger partial charge in [0.15, 0.2) is 0 Å². The molecule has 4 nitrogen and oxygen atoms in total. The highest BCUT2D eigenvalue weighted by molar-refractivity contribution is 14.1. The molecule has 0 aliphatic heterocycles. The zero-order valence-corrected chi connectivity index (χ0v) is 15.3. The predicted octanol–water partition coefficient (Wildman–Crippen LogP) is 4.97. The number of hydrogen-bond acceptors (Lipinski definition) is 3. The lowest BCUT2D eigenvalue weighted by Gasteiger charge is -1.99. The molecule has 3 rings (SSSR count). The van der Waals surface area contributed by atoms with E-state index in [9.17, 15) is 4.79 Å². The summed E-state index contributed by atoms with van der Waals surface area (Å²) >= 11 is 8.02. The number of carbonyl (C=O) groups is 1. The van der Waals surface area contributed by atoms with E-state index >= 15 is 0 Å². The van der Waals surface area contributed by atoms with Crippen molar-refractivity contribution in [3.63, 3.8) is 0 Å². The molecule has 1 amide bonds. The van der Waals surface area contributed by atoms with Gasteiger partial charge in [0.1, 0.15) is 11.5 Å². The average molecular weight is 451 g/mol. The van der Waals surface area contributed by atoms with E-state index in [2.05, 4.69) is 33.1 Å². The Morgan fingerprint density at radius 1 is 1.12 bits per heavy atom. The Morgan fingerprint density at radius 2 is 1.92 bits per heavy atom. The molecule has 0 radical (unpaired) electrons. The number of nitrogens with one attached hydrogen (secondary N) is 1. The van der Waals surface area contributed by atoms with E-state index in [1.54, 1.807) is 30.3 Å². The van der Waals surface area contributed by atoms with Gasteiger partial charge < -0.3 is 4.42 Å². The molecule has 1 heterocycles. The fourth-order valence-electron chi connectivity index (χ4n) is 2.04. The van der Waals surface area contributed by atoms with Crippen molar-refractivity contribution in [2.24, 2.45) is 5.10 Å². The van der Waals surface area contributed by atoms with Crippen LogP contribution in [0.5, 0.6) is 0 Å². The third-order valence-corrected chi connectivity index (χ3v) is 4.12. The fraction of sp³-hybridized carbons (Fsp3) is 0. The third-order valence-electron chi connectivity index (χ3n) is 3.20. The summed E-state index contributed by atoms with van der Waals surface area (Å²) in [6.45, 7) is 0. The highest BCUT2D eigenvalue weighted by Gasteiger charge is 2.05. The van der Waals surface area contributed by atoms with E-state index in [-0.39, 0.29) is 5.91 Å². The molecule has 1 N–H and O–H groups in total. The summed E-state index contributed by atoms with van der Waals surface area (Å²) in [6, 6.07) is 18.2. The number of benzene rings is 2. The summed E-state index contributed by atoms with van der Waals surface area (Å²) in [5.41, 5.74) is 3.96. The Balaban J connectivity index is 1.65. The van der Waals surface area contributed by atoms with Crippen molar-refractivity contribution in [1.82, 2.24) is 5.43 Å². The van der Waals surface area contributed by atoms with E-state index in [1.807, 2.05) is 30.3 Å². The van der Waals surface area contributed by atoms with Gasteiger partial charge in [-0.2, -0.15) is 5.10 Å². The van der Waals surface area contributed by atoms with Crippen molar-refractivity contribution in [2.45, 2.75) is 0 Å². The van der Waals surface area contributed by atoms with Gasteiger partial charge in [0.05, 0.1) is 6.21 Å². The number of amides is 1. The molecule has 0 saturated heterocycles. The van der Waals surface area contributed by atoms with Crippen LogP contribution >= 0.6 is 34.2 Å². The van der Waals surface area contributed by atoms with Gasteiger partial charge in [0.2, 0.25) is 0 Å². The molecule has 0 aliphatic carbocycles. The summed E-state index contributed by atoms with van der Waals surface area (Å²) < 4.78 is 6.66. The van der Waals surface area contributed by atoms with Crippen LogP contribution in [-0.4, -0.2) is 12.1 Å². The molecular formula is C18H12ClIN2O2. The maximum absolute atomic E-state index is 12.0. The molecule has 24 heavy (non-hydrogen) atoms. The zero-order valence-electron chi connectivity index (χ0n) is 12.4.